The number of nitrogens with zero attached hydrogens (tertiary/aromatic N) is 1. The van der Waals surface area contributed by atoms with Gasteiger partial charge in [0.15, 0.2) is 5.60 Å². The number of amidine groups is 1. The summed E-state index contributed by atoms with van der Waals surface area (Å²) < 4.78 is 0. The summed E-state index contributed by atoms with van der Waals surface area (Å²) in [5.41, 5.74) is -1.40. The summed E-state index contributed by atoms with van der Waals surface area (Å²) in [6, 6.07) is 6.69. The molecule has 2 rings (SSSR count). The second-order valence-corrected chi connectivity index (χ2v) is 6.96. The largest absolute Gasteiger partial charge is 0.375 e. The van der Waals surface area contributed by atoms with Gasteiger partial charge < -0.3 is 15.7 Å². The maximum absolute atomic E-state index is 12.6. The summed E-state index contributed by atoms with van der Waals surface area (Å²) in [5.74, 6) is 0.218. The SMILES string of the molecule is CCCNC(=O)C(O)(CC1=NC(C)(C)CN1)c1ccc(Cl)cc1. The average Bonchev–Trinajstić information content (AvgIpc) is 2.83. The Morgan fingerprint density at radius 2 is 2.09 bits per heavy atom. The normalized spacial score (nSPS) is 18.7. The van der Waals surface area contributed by atoms with Crippen LogP contribution in [0.15, 0.2) is 29.3 Å². The van der Waals surface area contributed by atoms with Crippen LogP contribution in [-0.4, -0.2) is 35.5 Å². The first-order valence-electron chi connectivity index (χ1n) is 7.86. The first-order valence-corrected chi connectivity index (χ1v) is 8.24. The Balaban J connectivity index is 2.31. The van der Waals surface area contributed by atoms with Crippen molar-refractivity contribution in [2.24, 2.45) is 4.99 Å². The topological polar surface area (TPSA) is 73.7 Å². The number of hydrogen-bond donors (Lipinski definition) is 3. The number of nitrogens with one attached hydrogen (secondary N) is 2. The van der Waals surface area contributed by atoms with Crippen molar-refractivity contribution in [2.75, 3.05) is 13.1 Å². The van der Waals surface area contributed by atoms with Crippen molar-refractivity contribution in [1.29, 1.82) is 0 Å². The molecule has 0 aromatic heterocycles. The van der Waals surface area contributed by atoms with Crippen molar-refractivity contribution in [3.8, 4) is 0 Å². The van der Waals surface area contributed by atoms with Gasteiger partial charge in [-0.1, -0.05) is 30.7 Å². The van der Waals surface area contributed by atoms with Crippen molar-refractivity contribution >= 4 is 23.3 Å². The number of aliphatic imine (C=N–C) groups is 1. The van der Waals surface area contributed by atoms with E-state index in [-0.39, 0.29) is 12.0 Å². The van der Waals surface area contributed by atoms with Crippen molar-refractivity contribution < 1.29 is 9.90 Å². The lowest BCUT2D eigenvalue weighted by Gasteiger charge is -2.27. The molecule has 0 radical (unpaired) electrons. The van der Waals surface area contributed by atoms with Gasteiger partial charge in [0.2, 0.25) is 0 Å². The number of carbonyl (C=O) groups is 1. The zero-order valence-electron chi connectivity index (χ0n) is 13.8. The third kappa shape index (κ3) is 4.24. The Labute approximate surface area is 142 Å². The molecule has 1 aliphatic rings. The highest BCUT2D eigenvalue weighted by Gasteiger charge is 2.40. The van der Waals surface area contributed by atoms with Gasteiger partial charge >= 0.3 is 0 Å². The fourth-order valence-electron chi connectivity index (χ4n) is 2.53. The minimum absolute atomic E-state index is 0.105. The van der Waals surface area contributed by atoms with Crippen LogP contribution in [0.4, 0.5) is 0 Å². The molecule has 1 aromatic rings. The molecule has 0 bridgehead atoms. The minimum atomic E-state index is -1.67. The van der Waals surface area contributed by atoms with Gasteiger partial charge in [-0.3, -0.25) is 9.79 Å². The second-order valence-electron chi connectivity index (χ2n) is 6.52. The Kier molecular flexibility index (Phi) is 5.32. The molecule has 1 amide bonds. The lowest BCUT2D eigenvalue weighted by Crippen LogP contribution is -2.47. The number of halogens is 1. The Bertz CT molecular complexity index is 598. The molecule has 23 heavy (non-hydrogen) atoms. The summed E-state index contributed by atoms with van der Waals surface area (Å²) in [6.45, 7) is 7.18. The van der Waals surface area contributed by atoms with Crippen LogP contribution in [-0.2, 0) is 10.4 Å². The van der Waals surface area contributed by atoms with E-state index < -0.39 is 11.5 Å². The standard InChI is InChI=1S/C17H24ClN3O2/c1-4-9-19-15(22)17(23,12-5-7-13(18)8-6-12)10-14-20-11-16(2,3)21-14/h5-8,23H,4,9-11H2,1-3H3,(H,19,22)(H,20,21). The van der Waals surface area contributed by atoms with Gasteiger partial charge in [-0.15, -0.1) is 0 Å². The van der Waals surface area contributed by atoms with Crippen LogP contribution < -0.4 is 10.6 Å². The summed E-state index contributed by atoms with van der Waals surface area (Å²) >= 11 is 5.91. The van der Waals surface area contributed by atoms with Crippen molar-refractivity contribution in [3.05, 3.63) is 34.9 Å². The molecule has 0 saturated carbocycles. The third-order valence-electron chi connectivity index (χ3n) is 3.82. The lowest BCUT2D eigenvalue weighted by atomic mass is 9.88. The monoisotopic (exact) mass is 337 g/mol. The predicted molar refractivity (Wildman–Crippen MR) is 92.8 cm³/mol. The summed E-state index contributed by atoms with van der Waals surface area (Å²) in [4.78, 5) is 17.1. The van der Waals surface area contributed by atoms with Gasteiger partial charge in [0.25, 0.3) is 5.91 Å². The maximum Gasteiger partial charge on any atom is 0.257 e. The number of benzene rings is 1. The zero-order chi connectivity index (χ0) is 17.1. The van der Waals surface area contributed by atoms with E-state index >= 15 is 0 Å². The van der Waals surface area contributed by atoms with Gasteiger partial charge in [0.05, 0.1) is 5.54 Å². The van der Waals surface area contributed by atoms with Crippen molar-refractivity contribution in [3.63, 3.8) is 0 Å². The molecule has 1 unspecified atom stereocenters. The molecular weight excluding hydrogens is 314 g/mol. The summed E-state index contributed by atoms with van der Waals surface area (Å²) in [6.07, 6.45) is 0.905. The number of aliphatic hydroxyl groups is 1. The van der Waals surface area contributed by atoms with Crippen LogP contribution in [0.5, 0.6) is 0 Å². The molecule has 0 saturated heterocycles. The molecule has 0 aliphatic carbocycles. The molecule has 0 spiro atoms. The molecule has 0 fully saturated rings. The van der Waals surface area contributed by atoms with E-state index in [4.69, 9.17) is 11.6 Å². The van der Waals surface area contributed by atoms with Gasteiger partial charge in [-0.2, -0.15) is 0 Å². The molecule has 1 aliphatic heterocycles. The van der Waals surface area contributed by atoms with E-state index in [9.17, 15) is 9.90 Å². The van der Waals surface area contributed by atoms with Gasteiger partial charge in [-0.05, 0) is 38.0 Å². The number of carbonyl (C=O) groups excluding carboxylic acids is 1. The molecule has 1 aromatic carbocycles. The summed E-state index contributed by atoms with van der Waals surface area (Å²) in [5, 5.41) is 17.6. The first kappa shape index (κ1) is 17.8. The quantitative estimate of drug-likeness (QED) is 0.745. The van der Waals surface area contributed by atoms with Crippen molar-refractivity contribution in [2.45, 2.75) is 44.8 Å². The van der Waals surface area contributed by atoms with Crippen LogP contribution in [0.3, 0.4) is 0 Å². The molecule has 6 heteroatoms. The third-order valence-corrected chi connectivity index (χ3v) is 4.07. The molecule has 1 atom stereocenters. The smallest absolute Gasteiger partial charge is 0.257 e. The Morgan fingerprint density at radius 3 is 2.61 bits per heavy atom. The van der Waals surface area contributed by atoms with E-state index in [2.05, 4.69) is 15.6 Å². The highest BCUT2D eigenvalue weighted by atomic mass is 35.5. The number of rotatable bonds is 6. The molecule has 126 valence electrons. The molecular formula is C17H24ClN3O2. The van der Waals surface area contributed by atoms with Crippen LogP contribution >= 0.6 is 11.6 Å². The van der Waals surface area contributed by atoms with Crippen molar-refractivity contribution in [1.82, 2.24) is 10.6 Å². The van der Waals surface area contributed by atoms with E-state index in [1.165, 1.54) is 0 Å². The second kappa shape index (κ2) is 6.89. The summed E-state index contributed by atoms with van der Waals surface area (Å²) in [7, 11) is 0. The fourth-order valence-corrected chi connectivity index (χ4v) is 2.66. The van der Waals surface area contributed by atoms with Gasteiger partial charge in [0, 0.05) is 24.5 Å². The lowest BCUT2D eigenvalue weighted by molar-refractivity contribution is -0.140. The van der Waals surface area contributed by atoms with Crippen LogP contribution in [0, 0.1) is 0 Å². The van der Waals surface area contributed by atoms with E-state index in [0.717, 1.165) is 6.42 Å². The molecule has 1 heterocycles. The Morgan fingerprint density at radius 1 is 1.43 bits per heavy atom. The van der Waals surface area contributed by atoms with E-state index in [0.29, 0.717) is 29.5 Å². The minimum Gasteiger partial charge on any atom is -0.375 e. The predicted octanol–water partition coefficient (Wildman–Crippen LogP) is 2.22. The fraction of sp³-hybridized carbons (Fsp3) is 0.529. The molecule has 3 N–H and O–H groups in total. The van der Waals surface area contributed by atoms with Gasteiger partial charge in [0.1, 0.15) is 5.84 Å². The zero-order valence-corrected chi connectivity index (χ0v) is 14.6. The Hall–Kier alpha value is -1.59. The first-order chi connectivity index (χ1) is 10.8. The van der Waals surface area contributed by atoms with Crippen LogP contribution in [0.2, 0.25) is 5.02 Å². The van der Waals surface area contributed by atoms with E-state index in [1.54, 1.807) is 24.3 Å². The number of amides is 1. The average molecular weight is 338 g/mol. The van der Waals surface area contributed by atoms with Gasteiger partial charge in [-0.25, -0.2) is 0 Å². The molecule has 5 nitrogen and oxygen atoms in total. The van der Waals surface area contributed by atoms with Crippen LogP contribution in [0.25, 0.3) is 0 Å². The maximum atomic E-state index is 12.6. The van der Waals surface area contributed by atoms with Crippen LogP contribution in [0.1, 0.15) is 39.2 Å². The van der Waals surface area contributed by atoms with E-state index in [1.807, 2.05) is 20.8 Å². The highest BCUT2D eigenvalue weighted by molar-refractivity contribution is 6.30. The number of hydrogen-bond acceptors (Lipinski definition) is 4. The highest BCUT2D eigenvalue weighted by Crippen LogP contribution is 2.29.